The molecule has 214 valence electrons. The molecular weight excluding hydrogens is 538 g/mol. The van der Waals surface area contributed by atoms with Crippen molar-refractivity contribution in [3.63, 3.8) is 0 Å². The second-order valence-corrected chi connectivity index (χ2v) is 10.5. The van der Waals surface area contributed by atoms with Gasteiger partial charge in [-0.25, -0.2) is 8.42 Å². The molecule has 0 aromatic heterocycles. The molecule has 0 saturated carbocycles. The number of benzene rings is 3. The van der Waals surface area contributed by atoms with E-state index in [1.807, 2.05) is 12.1 Å². The van der Waals surface area contributed by atoms with Crippen LogP contribution in [0.4, 0.5) is 11.4 Å². The molecule has 3 aromatic rings. The van der Waals surface area contributed by atoms with Gasteiger partial charge in [0.1, 0.15) is 18.0 Å². The van der Waals surface area contributed by atoms with E-state index in [4.69, 9.17) is 18.9 Å². The monoisotopic (exact) mass is 571 g/mol. The van der Waals surface area contributed by atoms with E-state index in [1.165, 1.54) is 20.3 Å². The van der Waals surface area contributed by atoms with Gasteiger partial charge in [-0.15, -0.1) is 0 Å². The maximum atomic E-state index is 13.0. The van der Waals surface area contributed by atoms with Crippen LogP contribution in [0.5, 0.6) is 23.0 Å². The van der Waals surface area contributed by atoms with Crippen molar-refractivity contribution in [2.24, 2.45) is 0 Å². The quantitative estimate of drug-likeness (QED) is 0.320. The molecule has 0 bridgehead atoms. The standard InChI is InChI=1S/C28H33N3O8S/c1-36-20-11-13-24(37-2)23(17-20)31(40(5,34)35)18-27(32)30-22-9-7-6-8-21(22)28(33)29-15-14-19-10-12-25(38-3)26(16-19)39-4/h6-13,16-17H,14-15,18H2,1-5H3,(H,29,33)(H,30,32). The fourth-order valence-electron chi connectivity index (χ4n) is 3.93. The predicted molar refractivity (Wildman–Crippen MR) is 152 cm³/mol. The van der Waals surface area contributed by atoms with Crippen LogP contribution in [0.15, 0.2) is 60.7 Å². The number of sulfonamides is 1. The van der Waals surface area contributed by atoms with Crippen LogP contribution in [0.3, 0.4) is 0 Å². The number of carbonyl (C=O) groups excluding carboxylic acids is 2. The molecule has 0 heterocycles. The summed E-state index contributed by atoms with van der Waals surface area (Å²) in [4.78, 5) is 26.0. The number of ether oxygens (including phenoxy) is 4. The van der Waals surface area contributed by atoms with E-state index in [0.29, 0.717) is 30.2 Å². The first kappa shape index (κ1) is 30.1. The Morgan fingerprint density at radius 1 is 0.825 bits per heavy atom. The summed E-state index contributed by atoms with van der Waals surface area (Å²) in [5, 5.41) is 5.50. The second-order valence-electron chi connectivity index (χ2n) is 8.60. The number of para-hydroxylation sites is 1. The summed E-state index contributed by atoms with van der Waals surface area (Å²) >= 11 is 0. The molecule has 0 saturated heterocycles. The Morgan fingerprint density at radius 2 is 1.50 bits per heavy atom. The third-order valence-corrected chi connectivity index (χ3v) is 7.06. The van der Waals surface area contributed by atoms with E-state index < -0.39 is 28.4 Å². The van der Waals surface area contributed by atoms with Crippen LogP contribution in [0.25, 0.3) is 0 Å². The Bertz CT molecular complexity index is 1460. The van der Waals surface area contributed by atoms with Gasteiger partial charge in [-0.1, -0.05) is 18.2 Å². The molecular formula is C28H33N3O8S. The van der Waals surface area contributed by atoms with Crippen molar-refractivity contribution in [3.8, 4) is 23.0 Å². The van der Waals surface area contributed by atoms with E-state index in [9.17, 15) is 18.0 Å². The van der Waals surface area contributed by atoms with Crippen LogP contribution in [0, 0.1) is 0 Å². The van der Waals surface area contributed by atoms with E-state index in [-0.39, 0.29) is 22.7 Å². The molecule has 2 N–H and O–H groups in total. The zero-order valence-corrected chi connectivity index (χ0v) is 23.8. The molecule has 0 fully saturated rings. The lowest BCUT2D eigenvalue weighted by atomic mass is 10.1. The average molecular weight is 572 g/mol. The van der Waals surface area contributed by atoms with Crippen LogP contribution in [0.2, 0.25) is 0 Å². The average Bonchev–Trinajstić information content (AvgIpc) is 2.95. The highest BCUT2D eigenvalue weighted by molar-refractivity contribution is 7.92. The molecule has 12 heteroatoms. The Hall–Kier alpha value is -4.45. The summed E-state index contributed by atoms with van der Waals surface area (Å²) in [6, 6.07) is 16.6. The van der Waals surface area contributed by atoms with E-state index in [2.05, 4.69) is 10.6 Å². The first-order valence-corrected chi connectivity index (χ1v) is 14.0. The highest BCUT2D eigenvalue weighted by Gasteiger charge is 2.25. The normalized spacial score (nSPS) is 10.8. The van der Waals surface area contributed by atoms with Gasteiger partial charge in [0, 0.05) is 12.6 Å². The molecule has 0 aliphatic heterocycles. The molecule has 0 aliphatic carbocycles. The lowest BCUT2D eigenvalue weighted by Gasteiger charge is -2.24. The molecule has 40 heavy (non-hydrogen) atoms. The number of hydrogen-bond donors (Lipinski definition) is 2. The molecule has 0 radical (unpaired) electrons. The molecule has 2 amide bonds. The van der Waals surface area contributed by atoms with Gasteiger partial charge in [-0.3, -0.25) is 13.9 Å². The zero-order chi connectivity index (χ0) is 29.3. The number of nitrogens with zero attached hydrogens (tertiary/aromatic N) is 1. The third-order valence-electron chi connectivity index (χ3n) is 5.94. The molecule has 3 aromatic carbocycles. The van der Waals surface area contributed by atoms with Crippen molar-refractivity contribution in [1.82, 2.24) is 5.32 Å². The second kappa shape index (κ2) is 13.6. The van der Waals surface area contributed by atoms with Crippen molar-refractivity contribution in [2.75, 3.05) is 57.4 Å². The van der Waals surface area contributed by atoms with Gasteiger partial charge < -0.3 is 29.6 Å². The molecule has 0 spiro atoms. The number of anilines is 2. The van der Waals surface area contributed by atoms with Crippen molar-refractivity contribution in [1.29, 1.82) is 0 Å². The highest BCUT2D eigenvalue weighted by Crippen LogP contribution is 2.34. The molecule has 11 nitrogen and oxygen atoms in total. The van der Waals surface area contributed by atoms with Gasteiger partial charge in [-0.2, -0.15) is 0 Å². The summed E-state index contributed by atoms with van der Waals surface area (Å²) < 4.78 is 47.3. The topological polar surface area (TPSA) is 132 Å². The molecule has 0 atom stereocenters. The van der Waals surface area contributed by atoms with Crippen LogP contribution >= 0.6 is 0 Å². The Balaban J connectivity index is 1.72. The summed E-state index contributed by atoms with van der Waals surface area (Å²) in [7, 11) is 2.05. The summed E-state index contributed by atoms with van der Waals surface area (Å²) in [6.45, 7) is -0.230. The first-order valence-electron chi connectivity index (χ1n) is 12.2. The predicted octanol–water partition coefficient (Wildman–Crippen LogP) is 3.10. The SMILES string of the molecule is COc1ccc(OC)c(N(CC(=O)Nc2ccccc2C(=O)NCCc2ccc(OC)c(OC)c2)S(C)(=O)=O)c1. The van der Waals surface area contributed by atoms with Crippen LogP contribution < -0.4 is 33.9 Å². The number of rotatable bonds is 13. The highest BCUT2D eigenvalue weighted by atomic mass is 32.2. The number of carbonyl (C=O) groups is 2. The van der Waals surface area contributed by atoms with Crippen molar-refractivity contribution >= 4 is 33.2 Å². The van der Waals surface area contributed by atoms with Crippen molar-refractivity contribution < 1.29 is 37.0 Å². The maximum absolute atomic E-state index is 13.0. The summed E-state index contributed by atoms with van der Waals surface area (Å²) in [5.41, 5.74) is 1.55. The summed E-state index contributed by atoms with van der Waals surface area (Å²) in [6.07, 6.45) is 1.52. The first-order chi connectivity index (χ1) is 19.1. The molecule has 0 unspecified atom stereocenters. The number of hydrogen-bond acceptors (Lipinski definition) is 8. The fourth-order valence-corrected chi connectivity index (χ4v) is 4.79. The van der Waals surface area contributed by atoms with Crippen LogP contribution in [-0.2, 0) is 21.2 Å². The van der Waals surface area contributed by atoms with Crippen molar-refractivity contribution in [3.05, 3.63) is 71.8 Å². The largest absolute Gasteiger partial charge is 0.497 e. The van der Waals surface area contributed by atoms with Crippen molar-refractivity contribution in [2.45, 2.75) is 6.42 Å². The van der Waals surface area contributed by atoms with Gasteiger partial charge in [0.25, 0.3) is 5.91 Å². The molecule has 0 aliphatic rings. The van der Waals surface area contributed by atoms with Gasteiger partial charge in [0.2, 0.25) is 15.9 Å². The van der Waals surface area contributed by atoms with E-state index >= 15 is 0 Å². The molecule has 3 rings (SSSR count). The minimum absolute atomic E-state index is 0.140. The Labute approximate surface area is 234 Å². The zero-order valence-electron chi connectivity index (χ0n) is 23.0. The number of nitrogens with one attached hydrogen (secondary N) is 2. The smallest absolute Gasteiger partial charge is 0.253 e. The van der Waals surface area contributed by atoms with Gasteiger partial charge in [-0.05, 0) is 48.4 Å². The van der Waals surface area contributed by atoms with Gasteiger partial charge >= 0.3 is 0 Å². The number of methoxy groups -OCH3 is 4. The minimum atomic E-state index is -3.90. The lowest BCUT2D eigenvalue weighted by molar-refractivity contribution is -0.114. The third kappa shape index (κ3) is 7.56. The number of amides is 2. The van der Waals surface area contributed by atoms with Crippen LogP contribution in [0.1, 0.15) is 15.9 Å². The van der Waals surface area contributed by atoms with Gasteiger partial charge in [0.05, 0.1) is 51.6 Å². The fraction of sp³-hybridized carbons (Fsp3) is 0.286. The Morgan fingerprint density at radius 3 is 2.15 bits per heavy atom. The van der Waals surface area contributed by atoms with E-state index in [0.717, 1.165) is 16.1 Å². The summed E-state index contributed by atoms with van der Waals surface area (Å²) in [5.74, 6) is 0.785. The lowest BCUT2D eigenvalue weighted by Crippen LogP contribution is -2.38. The van der Waals surface area contributed by atoms with Gasteiger partial charge in [0.15, 0.2) is 11.5 Å². The Kier molecular flexibility index (Phi) is 10.2. The maximum Gasteiger partial charge on any atom is 0.253 e. The van der Waals surface area contributed by atoms with Crippen LogP contribution in [-0.4, -0.2) is 68.0 Å². The van der Waals surface area contributed by atoms with E-state index in [1.54, 1.807) is 56.7 Å². The minimum Gasteiger partial charge on any atom is -0.497 e.